The summed E-state index contributed by atoms with van der Waals surface area (Å²) in [5.41, 5.74) is 12.9. The van der Waals surface area contributed by atoms with Crippen LogP contribution in [0.5, 0.6) is 5.75 Å². The Morgan fingerprint density at radius 1 is 0.540 bits per heavy atom. The molecule has 0 saturated heterocycles. The Labute approximate surface area is 375 Å². The first-order chi connectivity index (χ1) is 30.1. The summed E-state index contributed by atoms with van der Waals surface area (Å²) in [7, 11) is -1.44. The van der Waals surface area contributed by atoms with Crippen LogP contribution in [0, 0.1) is 0 Å². The third-order valence-corrected chi connectivity index (χ3v) is 16.0. The number of phenolic OH excluding ortho intramolecular Hbond substituents is 1. The average molecular weight is 856 g/mol. The molecule has 63 heavy (non-hydrogen) atoms. The fourth-order valence-electron chi connectivity index (χ4n) is 9.16. The van der Waals surface area contributed by atoms with Gasteiger partial charge in [0.15, 0.2) is 0 Å². The van der Waals surface area contributed by atoms with E-state index in [0.717, 1.165) is 66.6 Å². The molecule has 6 heteroatoms. The first-order valence-corrected chi connectivity index (χ1v) is 26.3. The third-order valence-electron chi connectivity index (χ3n) is 12.7. The Morgan fingerprint density at radius 2 is 1.21 bits per heavy atom. The predicted molar refractivity (Wildman–Crippen MR) is 273 cm³/mol. The fraction of sp³-hybridized carbons (Fsp3) is 0.193. The Kier molecular flexibility index (Phi) is 9.63. The van der Waals surface area contributed by atoms with Crippen LogP contribution in [-0.2, 0) is 10.8 Å². The molecule has 0 unspecified atom stereocenters. The number of aromatic hydroxyl groups is 1. The Morgan fingerprint density at radius 3 is 1.92 bits per heavy atom. The number of hydrogen-bond acceptors (Lipinski definition) is 4. The van der Waals surface area contributed by atoms with Crippen molar-refractivity contribution in [3.8, 4) is 56.2 Å². The fourth-order valence-corrected chi connectivity index (χ4v) is 11.6. The van der Waals surface area contributed by atoms with E-state index in [2.05, 4.69) is 211 Å². The van der Waals surface area contributed by atoms with E-state index in [1.165, 1.54) is 36.5 Å². The first-order valence-electron chi connectivity index (χ1n) is 22.0. The normalized spacial score (nSPS) is 12.6. The highest BCUT2D eigenvalue weighted by Crippen LogP contribution is 2.48. The van der Waals surface area contributed by atoms with E-state index >= 15 is 0 Å². The lowest BCUT2D eigenvalue weighted by molar-refractivity contribution is 0.446. The smallest absolute Gasteiger partial charge is 0.149 e. The van der Waals surface area contributed by atoms with Gasteiger partial charge >= 0.3 is 0 Å². The third kappa shape index (κ3) is 6.97. The summed E-state index contributed by atoms with van der Waals surface area (Å²) in [6.45, 7) is 20.4. The molecule has 0 saturated carbocycles. The maximum Gasteiger partial charge on any atom is 0.149 e. The van der Waals surface area contributed by atoms with Crippen molar-refractivity contribution in [1.29, 1.82) is 0 Å². The number of para-hydroxylation sites is 2. The molecule has 0 fully saturated rings. The van der Waals surface area contributed by atoms with Crippen molar-refractivity contribution in [2.24, 2.45) is 0 Å². The summed E-state index contributed by atoms with van der Waals surface area (Å²) < 4.78 is 4.70. The van der Waals surface area contributed by atoms with Crippen molar-refractivity contribution < 1.29 is 5.11 Å². The summed E-state index contributed by atoms with van der Waals surface area (Å²) in [6.07, 6.45) is 1.97. The Hall–Kier alpha value is -6.34. The number of pyridine rings is 1. The van der Waals surface area contributed by atoms with Gasteiger partial charge in [-0.2, -0.15) is 0 Å². The Balaban J connectivity index is 1.28. The summed E-state index contributed by atoms with van der Waals surface area (Å²) >= 11 is 1.84. The quantitative estimate of drug-likeness (QED) is 0.170. The van der Waals surface area contributed by atoms with E-state index in [0.29, 0.717) is 5.82 Å². The van der Waals surface area contributed by atoms with Crippen LogP contribution in [0.25, 0.3) is 92.6 Å². The van der Waals surface area contributed by atoms with Gasteiger partial charge in [-0.05, 0) is 68.8 Å². The average Bonchev–Trinajstić information content (AvgIpc) is 3.85. The van der Waals surface area contributed by atoms with Crippen LogP contribution in [0.2, 0.25) is 19.6 Å². The molecule has 0 bridgehead atoms. The number of thiophene rings is 1. The van der Waals surface area contributed by atoms with Crippen LogP contribution in [-0.4, -0.2) is 27.7 Å². The van der Waals surface area contributed by atoms with E-state index in [4.69, 9.17) is 9.97 Å². The number of rotatable bonds is 6. The molecule has 4 nitrogen and oxygen atoms in total. The zero-order valence-electron chi connectivity index (χ0n) is 37.6. The lowest BCUT2D eigenvalue weighted by Crippen LogP contribution is -2.37. The van der Waals surface area contributed by atoms with Crippen molar-refractivity contribution in [3.63, 3.8) is 0 Å². The summed E-state index contributed by atoms with van der Waals surface area (Å²) in [5.74, 6) is 0.965. The Bertz CT molecular complexity index is 3400. The molecule has 3 aromatic heterocycles. The van der Waals surface area contributed by atoms with Crippen LogP contribution in [0.4, 0.5) is 0 Å². The van der Waals surface area contributed by atoms with Gasteiger partial charge in [0, 0.05) is 43.9 Å². The molecule has 0 spiro atoms. The minimum Gasteiger partial charge on any atom is -0.507 e. The summed E-state index contributed by atoms with van der Waals surface area (Å²) in [4.78, 5) is 10.8. The standard InChI is InChI=1S/C57H53N3OSSi/c1-56(2,3)37-32-46(52(61)47(33-37)57(4,5)6)55-59-50-42(23-17-25-49(50)60(55)48-24-16-15-20-39(48)35-18-11-10-12-19-35)44-34-45-51-54(62-53(45)43-22-14-13-21-41(43)44)40(30-31-58-51)36-26-28-38(29-27-36)63(7,8)9/h10-34,61H,1-9H3. The molecule has 7 aromatic carbocycles. The maximum atomic E-state index is 12.5. The number of nitrogens with zero attached hydrogens (tertiary/aromatic N) is 3. The number of benzene rings is 7. The largest absolute Gasteiger partial charge is 0.507 e. The zero-order valence-corrected chi connectivity index (χ0v) is 39.4. The zero-order chi connectivity index (χ0) is 44.0. The van der Waals surface area contributed by atoms with Crippen molar-refractivity contribution in [1.82, 2.24) is 14.5 Å². The summed E-state index contributed by atoms with van der Waals surface area (Å²) in [5, 5.41) is 17.4. The van der Waals surface area contributed by atoms with Gasteiger partial charge in [-0.25, -0.2) is 4.98 Å². The van der Waals surface area contributed by atoms with E-state index in [1.807, 2.05) is 17.5 Å². The molecule has 10 aromatic rings. The number of hydrogen-bond donors (Lipinski definition) is 1. The van der Waals surface area contributed by atoms with Crippen molar-refractivity contribution in [3.05, 3.63) is 163 Å². The van der Waals surface area contributed by atoms with Gasteiger partial charge in [-0.1, -0.05) is 182 Å². The number of fused-ring (bicyclic) bond motifs is 6. The molecule has 0 aliphatic rings. The lowest BCUT2D eigenvalue weighted by atomic mass is 9.79. The number of phenols is 1. The van der Waals surface area contributed by atoms with Crippen molar-refractivity contribution in [2.45, 2.75) is 72.0 Å². The first kappa shape index (κ1) is 40.7. The van der Waals surface area contributed by atoms with Crippen LogP contribution in [0.15, 0.2) is 152 Å². The minimum atomic E-state index is -1.44. The molecule has 0 amide bonds. The maximum absolute atomic E-state index is 12.5. The van der Waals surface area contributed by atoms with E-state index in [1.54, 1.807) is 0 Å². The molecule has 10 rings (SSSR count). The molecule has 0 atom stereocenters. The van der Waals surface area contributed by atoms with Crippen LogP contribution < -0.4 is 5.19 Å². The SMILES string of the molecule is CC(C)(C)c1cc(-c2nc3c(-c4cc5c6nccc(-c7ccc([Si](C)(C)C)cc7)c6sc5c5ccccc45)cccc3n2-c2ccccc2-c2ccccc2)c(O)c(C(C)(C)C)c1. The molecule has 312 valence electrons. The molecular formula is C57H53N3OSSi. The van der Waals surface area contributed by atoms with E-state index in [-0.39, 0.29) is 16.6 Å². The second-order valence-corrected chi connectivity index (χ2v) is 26.2. The molecule has 0 aliphatic carbocycles. The number of imidazole rings is 1. The van der Waals surface area contributed by atoms with Crippen LogP contribution in [0.1, 0.15) is 52.7 Å². The summed E-state index contributed by atoms with van der Waals surface area (Å²) in [6, 6.07) is 52.5. The van der Waals surface area contributed by atoms with Crippen molar-refractivity contribution in [2.75, 3.05) is 0 Å². The van der Waals surface area contributed by atoms with Gasteiger partial charge in [0.05, 0.1) is 40.6 Å². The lowest BCUT2D eigenvalue weighted by Gasteiger charge is -2.27. The van der Waals surface area contributed by atoms with E-state index in [9.17, 15) is 5.11 Å². The van der Waals surface area contributed by atoms with Gasteiger partial charge in [0.1, 0.15) is 11.6 Å². The highest BCUT2D eigenvalue weighted by atomic mass is 32.1. The molecule has 1 N–H and O–H groups in total. The highest BCUT2D eigenvalue weighted by Gasteiger charge is 2.30. The van der Waals surface area contributed by atoms with Crippen LogP contribution >= 0.6 is 11.3 Å². The highest BCUT2D eigenvalue weighted by molar-refractivity contribution is 7.27. The second kappa shape index (κ2) is 14.9. The number of aromatic nitrogens is 3. The predicted octanol–water partition coefficient (Wildman–Crippen LogP) is 15.5. The van der Waals surface area contributed by atoms with Gasteiger partial charge in [0.25, 0.3) is 0 Å². The van der Waals surface area contributed by atoms with Gasteiger partial charge in [-0.3, -0.25) is 9.55 Å². The van der Waals surface area contributed by atoms with Gasteiger partial charge in [0.2, 0.25) is 0 Å². The minimum absolute atomic E-state index is 0.171. The van der Waals surface area contributed by atoms with E-state index < -0.39 is 8.07 Å². The van der Waals surface area contributed by atoms with Crippen LogP contribution in [0.3, 0.4) is 0 Å². The molecule has 0 radical (unpaired) electrons. The van der Waals surface area contributed by atoms with Crippen molar-refractivity contribution >= 4 is 66.7 Å². The van der Waals surface area contributed by atoms with Gasteiger partial charge < -0.3 is 5.11 Å². The molecule has 3 heterocycles. The molecule has 0 aliphatic heterocycles. The van der Waals surface area contributed by atoms with Gasteiger partial charge in [-0.15, -0.1) is 11.3 Å². The monoisotopic (exact) mass is 855 g/mol. The topological polar surface area (TPSA) is 50.9 Å². The second-order valence-electron chi connectivity index (χ2n) is 20.1. The molecular weight excluding hydrogens is 803 g/mol.